The van der Waals surface area contributed by atoms with Crippen LogP contribution in [0.1, 0.15) is 12.0 Å². The van der Waals surface area contributed by atoms with Crippen LogP contribution in [-0.2, 0) is 11.3 Å². The Morgan fingerprint density at radius 1 is 1.25 bits per heavy atom. The molecule has 1 N–H and O–H groups in total. The van der Waals surface area contributed by atoms with Crippen molar-refractivity contribution in [2.75, 3.05) is 46.0 Å². The number of benzene rings is 1. The first kappa shape index (κ1) is 13.9. The highest BCUT2D eigenvalue weighted by molar-refractivity contribution is 5.33. The molecule has 1 saturated heterocycles. The second kappa shape index (κ2) is 7.07. The first-order chi connectivity index (χ1) is 9.92. The highest BCUT2D eigenvalue weighted by atomic mass is 16.5. The highest BCUT2D eigenvalue weighted by Gasteiger charge is 2.16. The Kier molecular flexibility index (Phi) is 4.90. The number of hydrogen-bond donors (Lipinski definition) is 1. The van der Waals surface area contributed by atoms with E-state index < -0.39 is 0 Å². The summed E-state index contributed by atoms with van der Waals surface area (Å²) in [4.78, 5) is 2.46. The van der Waals surface area contributed by atoms with Gasteiger partial charge in [-0.3, -0.25) is 4.90 Å². The predicted molar refractivity (Wildman–Crippen MR) is 79.0 cm³/mol. The van der Waals surface area contributed by atoms with E-state index in [4.69, 9.17) is 9.47 Å². The van der Waals surface area contributed by atoms with Gasteiger partial charge in [0.25, 0.3) is 0 Å². The van der Waals surface area contributed by atoms with Crippen molar-refractivity contribution in [2.45, 2.75) is 13.0 Å². The van der Waals surface area contributed by atoms with Gasteiger partial charge in [-0.2, -0.15) is 0 Å². The third-order valence-corrected chi connectivity index (χ3v) is 4.09. The van der Waals surface area contributed by atoms with Gasteiger partial charge in [0.15, 0.2) is 0 Å². The third-order valence-electron chi connectivity index (χ3n) is 4.09. The molecule has 20 heavy (non-hydrogen) atoms. The lowest BCUT2D eigenvalue weighted by molar-refractivity contribution is 0.184. The van der Waals surface area contributed by atoms with E-state index in [1.54, 1.807) is 0 Å². The van der Waals surface area contributed by atoms with Crippen molar-refractivity contribution in [1.82, 2.24) is 10.2 Å². The second-order valence-corrected chi connectivity index (χ2v) is 5.67. The zero-order valence-corrected chi connectivity index (χ0v) is 12.0. The van der Waals surface area contributed by atoms with Crippen LogP contribution in [0.4, 0.5) is 0 Å². The number of rotatable bonds is 5. The smallest absolute Gasteiger partial charge is 0.123 e. The van der Waals surface area contributed by atoms with Gasteiger partial charge in [-0.25, -0.2) is 0 Å². The van der Waals surface area contributed by atoms with Crippen LogP contribution >= 0.6 is 0 Å². The van der Waals surface area contributed by atoms with Crippen LogP contribution in [0.2, 0.25) is 0 Å². The van der Waals surface area contributed by atoms with Crippen LogP contribution in [0, 0.1) is 5.92 Å². The molecule has 1 atom stereocenters. The standard InChI is InChI=1S/C16H24N2O2/c1-2-4-16-15(3-1)12-18(8-10-20-16)7-6-17-11-14-5-9-19-13-14/h1-4,14,17H,5-13H2. The van der Waals surface area contributed by atoms with Crippen molar-refractivity contribution in [1.29, 1.82) is 0 Å². The van der Waals surface area contributed by atoms with Crippen molar-refractivity contribution in [3.8, 4) is 5.75 Å². The average Bonchev–Trinajstić information content (AvgIpc) is 2.89. The van der Waals surface area contributed by atoms with E-state index in [1.165, 1.54) is 12.0 Å². The minimum Gasteiger partial charge on any atom is -0.492 e. The minimum atomic E-state index is 0.711. The number of ether oxygens (including phenoxy) is 2. The Balaban J connectivity index is 1.41. The maximum absolute atomic E-state index is 5.79. The Bertz CT molecular complexity index is 419. The molecule has 0 aromatic heterocycles. The molecule has 4 nitrogen and oxygen atoms in total. The van der Waals surface area contributed by atoms with Gasteiger partial charge in [0.1, 0.15) is 12.4 Å². The van der Waals surface area contributed by atoms with Crippen LogP contribution in [0.3, 0.4) is 0 Å². The van der Waals surface area contributed by atoms with E-state index in [0.717, 1.165) is 58.3 Å². The Labute approximate surface area is 121 Å². The molecule has 1 fully saturated rings. The van der Waals surface area contributed by atoms with E-state index in [0.29, 0.717) is 5.92 Å². The molecule has 2 aliphatic heterocycles. The lowest BCUT2D eigenvalue weighted by Gasteiger charge is -2.20. The van der Waals surface area contributed by atoms with Crippen molar-refractivity contribution in [3.63, 3.8) is 0 Å². The van der Waals surface area contributed by atoms with Gasteiger partial charge in [-0.05, 0) is 18.4 Å². The Morgan fingerprint density at radius 3 is 3.10 bits per heavy atom. The minimum absolute atomic E-state index is 0.711. The van der Waals surface area contributed by atoms with Crippen molar-refractivity contribution < 1.29 is 9.47 Å². The SMILES string of the molecule is c1ccc2c(c1)CN(CCNCC1CCOC1)CCO2. The molecule has 1 unspecified atom stereocenters. The topological polar surface area (TPSA) is 33.7 Å². The second-order valence-electron chi connectivity index (χ2n) is 5.67. The summed E-state index contributed by atoms with van der Waals surface area (Å²) in [5, 5.41) is 3.56. The fourth-order valence-corrected chi connectivity index (χ4v) is 2.86. The van der Waals surface area contributed by atoms with E-state index in [9.17, 15) is 0 Å². The molecule has 1 aromatic carbocycles. The van der Waals surface area contributed by atoms with Gasteiger partial charge < -0.3 is 14.8 Å². The first-order valence-corrected chi connectivity index (χ1v) is 7.63. The summed E-state index contributed by atoms with van der Waals surface area (Å²) < 4.78 is 11.2. The van der Waals surface area contributed by atoms with Crippen molar-refractivity contribution >= 4 is 0 Å². The van der Waals surface area contributed by atoms with E-state index in [2.05, 4.69) is 28.4 Å². The van der Waals surface area contributed by atoms with E-state index in [-0.39, 0.29) is 0 Å². The van der Waals surface area contributed by atoms with Gasteiger partial charge >= 0.3 is 0 Å². The monoisotopic (exact) mass is 276 g/mol. The molecule has 4 heteroatoms. The zero-order chi connectivity index (χ0) is 13.6. The molecule has 0 saturated carbocycles. The fraction of sp³-hybridized carbons (Fsp3) is 0.625. The summed E-state index contributed by atoms with van der Waals surface area (Å²) in [6, 6.07) is 8.36. The predicted octanol–water partition coefficient (Wildman–Crippen LogP) is 1.51. The van der Waals surface area contributed by atoms with Crippen molar-refractivity contribution in [3.05, 3.63) is 29.8 Å². The molecular weight excluding hydrogens is 252 g/mol. The molecule has 0 amide bonds. The first-order valence-electron chi connectivity index (χ1n) is 7.63. The van der Waals surface area contributed by atoms with Crippen LogP contribution in [0.15, 0.2) is 24.3 Å². The Morgan fingerprint density at radius 2 is 2.20 bits per heavy atom. The average molecular weight is 276 g/mol. The van der Waals surface area contributed by atoms with Crippen LogP contribution in [-0.4, -0.2) is 50.9 Å². The zero-order valence-electron chi connectivity index (χ0n) is 12.0. The molecule has 0 radical (unpaired) electrons. The number of para-hydroxylation sites is 1. The summed E-state index contributed by atoms with van der Waals surface area (Å²) in [5.74, 6) is 1.76. The van der Waals surface area contributed by atoms with Crippen LogP contribution in [0.5, 0.6) is 5.75 Å². The fourth-order valence-electron chi connectivity index (χ4n) is 2.86. The third kappa shape index (κ3) is 3.72. The molecule has 0 bridgehead atoms. The summed E-state index contributed by atoms with van der Waals surface area (Å²) >= 11 is 0. The van der Waals surface area contributed by atoms with Gasteiger partial charge in [0.2, 0.25) is 0 Å². The molecule has 0 aliphatic carbocycles. The maximum atomic E-state index is 5.79. The summed E-state index contributed by atoms with van der Waals surface area (Å²) in [5.41, 5.74) is 1.30. The molecule has 2 heterocycles. The molecule has 1 aromatic rings. The molecule has 0 spiro atoms. The van der Waals surface area contributed by atoms with E-state index >= 15 is 0 Å². The van der Waals surface area contributed by atoms with Crippen LogP contribution < -0.4 is 10.1 Å². The molecule has 3 rings (SSSR count). The number of hydrogen-bond acceptors (Lipinski definition) is 4. The highest BCUT2D eigenvalue weighted by Crippen LogP contribution is 2.22. The molecule has 110 valence electrons. The summed E-state index contributed by atoms with van der Waals surface area (Å²) in [6.45, 7) is 7.84. The maximum Gasteiger partial charge on any atom is 0.123 e. The summed E-state index contributed by atoms with van der Waals surface area (Å²) in [7, 11) is 0. The number of nitrogens with zero attached hydrogens (tertiary/aromatic N) is 1. The number of nitrogens with one attached hydrogen (secondary N) is 1. The normalized spacial score (nSPS) is 23.1. The lowest BCUT2D eigenvalue weighted by Crippen LogP contribution is -2.35. The van der Waals surface area contributed by atoms with Crippen molar-refractivity contribution in [2.24, 2.45) is 5.92 Å². The van der Waals surface area contributed by atoms with Crippen LogP contribution in [0.25, 0.3) is 0 Å². The Hall–Kier alpha value is -1.10. The van der Waals surface area contributed by atoms with Gasteiger partial charge in [-0.15, -0.1) is 0 Å². The lowest BCUT2D eigenvalue weighted by atomic mass is 10.1. The summed E-state index contributed by atoms with van der Waals surface area (Å²) in [6.07, 6.45) is 1.21. The molecule has 2 aliphatic rings. The van der Waals surface area contributed by atoms with Gasteiger partial charge in [0.05, 0.1) is 6.61 Å². The number of fused-ring (bicyclic) bond motifs is 1. The van der Waals surface area contributed by atoms with Gasteiger partial charge in [0, 0.05) is 44.9 Å². The quantitative estimate of drug-likeness (QED) is 0.827. The molecular formula is C16H24N2O2. The largest absolute Gasteiger partial charge is 0.492 e. The van der Waals surface area contributed by atoms with Gasteiger partial charge in [-0.1, -0.05) is 18.2 Å². The van der Waals surface area contributed by atoms with E-state index in [1.807, 2.05) is 6.07 Å².